The van der Waals surface area contributed by atoms with Crippen LogP contribution in [0.2, 0.25) is 0 Å². The molecule has 0 saturated carbocycles. The van der Waals surface area contributed by atoms with Gasteiger partial charge in [-0.1, -0.05) is 56.3 Å². The predicted octanol–water partition coefficient (Wildman–Crippen LogP) is 5.39. The molecule has 26 heavy (non-hydrogen) atoms. The quantitative estimate of drug-likeness (QED) is 0.623. The first kappa shape index (κ1) is 17.9. The molecule has 0 saturated heterocycles. The molecule has 0 fully saturated rings. The zero-order valence-corrected chi connectivity index (χ0v) is 15.8. The molecule has 0 radical (unpaired) electrons. The monoisotopic (exact) mass is 344 g/mol. The molecule has 0 spiro atoms. The van der Waals surface area contributed by atoms with Crippen LogP contribution in [-0.2, 0) is 11.8 Å². The van der Waals surface area contributed by atoms with Crippen molar-refractivity contribution in [3.05, 3.63) is 71.3 Å². The zero-order chi connectivity index (χ0) is 18.7. The number of nitriles is 1. The number of pyridine rings is 1. The lowest BCUT2D eigenvalue weighted by atomic mass is 9.78. The van der Waals surface area contributed by atoms with E-state index in [-0.39, 0.29) is 0 Å². The van der Waals surface area contributed by atoms with Crippen LogP contribution in [0, 0.1) is 11.3 Å². The maximum atomic E-state index is 9.89. The Hall–Kier alpha value is -2.86. The molecular weight excluding hydrogens is 320 g/mol. The van der Waals surface area contributed by atoms with E-state index in [9.17, 15) is 5.26 Å². The van der Waals surface area contributed by atoms with Crippen LogP contribution < -0.4 is 4.74 Å². The number of hydrogen-bond donors (Lipinski definition) is 0. The highest BCUT2D eigenvalue weighted by Gasteiger charge is 2.27. The van der Waals surface area contributed by atoms with Crippen molar-refractivity contribution in [3.8, 4) is 11.9 Å². The van der Waals surface area contributed by atoms with Crippen LogP contribution in [0.4, 0.5) is 0 Å². The molecule has 3 nitrogen and oxygen atoms in total. The molecule has 3 rings (SSSR count). The van der Waals surface area contributed by atoms with Crippen molar-refractivity contribution in [1.82, 2.24) is 4.98 Å². The molecular formula is C23H24N2O. The second kappa shape index (κ2) is 7.17. The molecule has 2 aromatic carbocycles. The molecule has 1 aromatic heterocycles. The topological polar surface area (TPSA) is 45.9 Å². The lowest BCUT2D eigenvalue weighted by molar-refractivity contribution is 0.392. The van der Waals surface area contributed by atoms with Gasteiger partial charge >= 0.3 is 0 Å². The second-order valence-corrected chi connectivity index (χ2v) is 7.26. The largest absolute Gasteiger partial charge is 0.481 e. The smallest absolute Gasteiger partial charge is 0.217 e. The highest BCUT2D eigenvalue weighted by Crippen LogP contribution is 2.33. The van der Waals surface area contributed by atoms with Gasteiger partial charge in [0.25, 0.3) is 0 Å². The van der Waals surface area contributed by atoms with Crippen LogP contribution in [0.3, 0.4) is 0 Å². The third-order valence-electron chi connectivity index (χ3n) is 4.91. The minimum Gasteiger partial charge on any atom is -0.481 e. The maximum Gasteiger partial charge on any atom is 0.217 e. The number of fused-ring (bicyclic) bond motifs is 1. The number of hydrogen-bond acceptors (Lipinski definition) is 3. The van der Waals surface area contributed by atoms with Gasteiger partial charge in [0, 0.05) is 10.9 Å². The van der Waals surface area contributed by atoms with Crippen molar-refractivity contribution in [2.45, 2.75) is 38.5 Å². The van der Waals surface area contributed by atoms with Gasteiger partial charge in [0.15, 0.2) is 0 Å². The SMILES string of the molecule is COc1nc2cc(C(C)(C#N)Cc3ccccc3)ccc2cc1C(C)C. The van der Waals surface area contributed by atoms with Crippen molar-refractivity contribution in [2.24, 2.45) is 0 Å². The average Bonchev–Trinajstić information content (AvgIpc) is 2.67. The lowest BCUT2D eigenvalue weighted by Gasteiger charge is -2.23. The van der Waals surface area contributed by atoms with Gasteiger partial charge in [-0.3, -0.25) is 0 Å². The van der Waals surface area contributed by atoms with Gasteiger partial charge < -0.3 is 4.74 Å². The lowest BCUT2D eigenvalue weighted by Crippen LogP contribution is -2.22. The Labute approximate surface area is 155 Å². The summed E-state index contributed by atoms with van der Waals surface area (Å²) in [5, 5.41) is 11.0. The minimum absolute atomic E-state index is 0.337. The fourth-order valence-electron chi connectivity index (χ4n) is 3.30. The van der Waals surface area contributed by atoms with Crippen molar-refractivity contribution in [1.29, 1.82) is 5.26 Å². The van der Waals surface area contributed by atoms with Gasteiger partial charge in [-0.15, -0.1) is 0 Å². The number of benzene rings is 2. The molecule has 0 bridgehead atoms. The molecule has 132 valence electrons. The van der Waals surface area contributed by atoms with Crippen LogP contribution >= 0.6 is 0 Å². The number of nitrogens with zero attached hydrogens (tertiary/aromatic N) is 2. The Morgan fingerprint density at radius 1 is 1.12 bits per heavy atom. The maximum absolute atomic E-state index is 9.89. The fourth-order valence-corrected chi connectivity index (χ4v) is 3.30. The normalized spacial score (nSPS) is 13.4. The number of aromatic nitrogens is 1. The average molecular weight is 344 g/mol. The molecule has 0 aliphatic rings. The third-order valence-corrected chi connectivity index (χ3v) is 4.91. The van der Waals surface area contributed by atoms with Crippen molar-refractivity contribution >= 4 is 10.9 Å². The molecule has 1 heterocycles. The van der Waals surface area contributed by atoms with Gasteiger partial charge in [0.1, 0.15) is 0 Å². The Morgan fingerprint density at radius 3 is 2.46 bits per heavy atom. The van der Waals surface area contributed by atoms with E-state index in [1.807, 2.05) is 37.3 Å². The first-order valence-electron chi connectivity index (χ1n) is 8.91. The third kappa shape index (κ3) is 3.41. The van der Waals surface area contributed by atoms with E-state index >= 15 is 0 Å². The van der Waals surface area contributed by atoms with Crippen LogP contribution in [-0.4, -0.2) is 12.1 Å². The van der Waals surface area contributed by atoms with E-state index in [4.69, 9.17) is 9.72 Å². The van der Waals surface area contributed by atoms with Gasteiger partial charge in [-0.05, 0) is 42.5 Å². The van der Waals surface area contributed by atoms with Crippen molar-refractivity contribution in [2.75, 3.05) is 7.11 Å². The van der Waals surface area contributed by atoms with Crippen LogP contribution in [0.15, 0.2) is 54.6 Å². The Balaban J connectivity index is 2.07. The van der Waals surface area contributed by atoms with Crippen LogP contribution in [0.25, 0.3) is 10.9 Å². The molecule has 0 aliphatic heterocycles. The molecule has 3 aromatic rings. The summed E-state index contributed by atoms with van der Waals surface area (Å²) in [5.74, 6) is 0.996. The standard InChI is InChI=1S/C23H24N2O/c1-16(2)20-12-18-10-11-19(13-21(18)25-22(20)26-4)23(3,15-24)14-17-8-6-5-7-9-17/h5-13,16H,14H2,1-4H3. The summed E-state index contributed by atoms with van der Waals surface area (Å²) in [4.78, 5) is 4.70. The summed E-state index contributed by atoms with van der Waals surface area (Å²) in [6, 6.07) is 20.9. The zero-order valence-electron chi connectivity index (χ0n) is 15.8. The molecule has 0 N–H and O–H groups in total. The minimum atomic E-state index is -0.610. The number of methoxy groups -OCH3 is 1. The highest BCUT2D eigenvalue weighted by molar-refractivity contribution is 5.81. The molecule has 3 heteroatoms. The second-order valence-electron chi connectivity index (χ2n) is 7.26. The predicted molar refractivity (Wildman–Crippen MR) is 105 cm³/mol. The Morgan fingerprint density at radius 2 is 1.85 bits per heavy atom. The van der Waals surface area contributed by atoms with Gasteiger partial charge in [-0.2, -0.15) is 5.26 Å². The van der Waals surface area contributed by atoms with E-state index in [0.717, 1.165) is 27.6 Å². The first-order chi connectivity index (χ1) is 12.5. The molecule has 0 aliphatic carbocycles. The first-order valence-corrected chi connectivity index (χ1v) is 8.91. The summed E-state index contributed by atoms with van der Waals surface area (Å²) < 4.78 is 5.49. The number of rotatable bonds is 5. The van der Waals surface area contributed by atoms with E-state index in [1.165, 1.54) is 0 Å². The number of ether oxygens (including phenoxy) is 1. The summed E-state index contributed by atoms with van der Waals surface area (Å²) >= 11 is 0. The van der Waals surface area contributed by atoms with E-state index < -0.39 is 5.41 Å². The molecule has 1 unspecified atom stereocenters. The van der Waals surface area contributed by atoms with Crippen molar-refractivity contribution in [3.63, 3.8) is 0 Å². The van der Waals surface area contributed by atoms with E-state index in [2.05, 4.69) is 44.2 Å². The highest BCUT2D eigenvalue weighted by atomic mass is 16.5. The Kier molecular flexibility index (Phi) is 4.95. The summed E-state index contributed by atoms with van der Waals surface area (Å²) in [5.41, 5.74) is 3.47. The van der Waals surface area contributed by atoms with Crippen LogP contribution in [0.5, 0.6) is 5.88 Å². The van der Waals surface area contributed by atoms with Gasteiger partial charge in [0.2, 0.25) is 5.88 Å². The summed E-state index contributed by atoms with van der Waals surface area (Å²) in [6.07, 6.45) is 0.664. The van der Waals surface area contributed by atoms with E-state index in [1.54, 1.807) is 7.11 Å². The fraction of sp³-hybridized carbons (Fsp3) is 0.304. The van der Waals surface area contributed by atoms with Gasteiger partial charge in [-0.25, -0.2) is 4.98 Å². The molecule has 1 atom stereocenters. The summed E-state index contributed by atoms with van der Waals surface area (Å²) in [6.45, 7) is 6.25. The van der Waals surface area contributed by atoms with Crippen molar-refractivity contribution < 1.29 is 4.74 Å². The molecule has 0 amide bonds. The summed E-state index contributed by atoms with van der Waals surface area (Å²) in [7, 11) is 1.65. The Bertz CT molecular complexity index is 957. The van der Waals surface area contributed by atoms with Gasteiger partial charge in [0.05, 0.1) is 24.1 Å². The van der Waals surface area contributed by atoms with Crippen LogP contribution in [0.1, 0.15) is 43.4 Å². The van der Waals surface area contributed by atoms with E-state index in [0.29, 0.717) is 18.2 Å².